The number of benzene rings is 1. The maximum Gasteiger partial charge on any atom is 0.339 e. The van der Waals surface area contributed by atoms with Crippen LogP contribution >= 0.6 is 27.5 Å². The molecule has 20 heavy (non-hydrogen) atoms. The van der Waals surface area contributed by atoms with Crippen LogP contribution in [0.2, 0.25) is 5.15 Å². The number of hydrogen-bond acceptors (Lipinski definition) is 4. The molecule has 7 heteroatoms. The molecule has 1 heterocycles. The number of hydrogen-bond donors (Lipinski definition) is 2. The predicted octanol–water partition coefficient (Wildman–Crippen LogP) is 3.95. The SMILES string of the molecule is COc1ccc(Nc2nc(Cl)ccc2C(=O)O)cc1Br. The highest BCUT2D eigenvalue weighted by Crippen LogP contribution is 2.30. The van der Waals surface area contributed by atoms with E-state index in [4.69, 9.17) is 21.4 Å². The molecule has 0 spiro atoms. The third-order valence-corrected chi connectivity index (χ3v) is 3.34. The number of nitrogens with one attached hydrogen (secondary N) is 1. The van der Waals surface area contributed by atoms with Crippen molar-refractivity contribution in [3.8, 4) is 5.75 Å². The number of anilines is 2. The van der Waals surface area contributed by atoms with Crippen LogP contribution in [0, 0.1) is 0 Å². The van der Waals surface area contributed by atoms with Gasteiger partial charge in [-0.25, -0.2) is 9.78 Å². The number of carboxylic acids is 1. The van der Waals surface area contributed by atoms with E-state index in [9.17, 15) is 4.79 Å². The molecule has 0 aliphatic rings. The zero-order valence-corrected chi connectivity index (χ0v) is 12.7. The van der Waals surface area contributed by atoms with Crippen LogP contribution in [0.25, 0.3) is 0 Å². The summed E-state index contributed by atoms with van der Waals surface area (Å²) in [7, 11) is 1.56. The van der Waals surface area contributed by atoms with Crippen LogP contribution in [0.1, 0.15) is 10.4 Å². The average Bonchev–Trinajstić information content (AvgIpc) is 2.38. The molecule has 1 aromatic carbocycles. The molecule has 104 valence electrons. The summed E-state index contributed by atoms with van der Waals surface area (Å²) in [5, 5.41) is 12.3. The molecule has 0 bridgehead atoms. The molecule has 5 nitrogen and oxygen atoms in total. The normalized spacial score (nSPS) is 10.2. The van der Waals surface area contributed by atoms with Crippen molar-refractivity contribution >= 4 is 45.0 Å². The summed E-state index contributed by atoms with van der Waals surface area (Å²) >= 11 is 9.15. The summed E-state index contributed by atoms with van der Waals surface area (Å²) < 4.78 is 5.87. The molecule has 0 aliphatic heterocycles. The molecule has 0 atom stereocenters. The highest BCUT2D eigenvalue weighted by atomic mass is 79.9. The van der Waals surface area contributed by atoms with E-state index in [1.165, 1.54) is 12.1 Å². The molecule has 0 amide bonds. The number of rotatable bonds is 4. The van der Waals surface area contributed by atoms with E-state index in [-0.39, 0.29) is 16.5 Å². The van der Waals surface area contributed by atoms with Gasteiger partial charge in [-0.15, -0.1) is 0 Å². The van der Waals surface area contributed by atoms with Gasteiger partial charge in [0.2, 0.25) is 0 Å². The minimum absolute atomic E-state index is 0.0429. The number of pyridine rings is 1. The van der Waals surface area contributed by atoms with Gasteiger partial charge in [-0.3, -0.25) is 0 Å². The standard InChI is InChI=1S/C13H10BrClN2O3/c1-20-10-4-2-7(6-9(10)14)16-12-8(13(18)19)3-5-11(15)17-12/h2-6H,1H3,(H,16,17)(H,18,19). The summed E-state index contributed by atoms with van der Waals surface area (Å²) in [4.78, 5) is 15.1. The Morgan fingerprint density at radius 1 is 1.40 bits per heavy atom. The van der Waals surface area contributed by atoms with Crippen molar-refractivity contribution in [3.05, 3.63) is 45.5 Å². The zero-order valence-electron chi connectivity index (χ0n) is 10.4. The predicted molar refractivity (Wildman–Crippen MR) is 80.2 cm³/mol. The van der Waals surface area contributed by atoms with Gasteiger partial charge in [0.1, 0.15) is 22.3 Å². The number of aromatic nitrogens is 1. The zero-order chi connectivity index (χ0) is 14.7. The van der Waals surface area contributed by atoms with Gasteiger partial charge in [0.05, 0.1) is 11.6 Å². The summed E-state index contributed by atoms with van der Waals surface area (Å²) in [6.45, 7) is 0. The number of ether oxygens (including phenoxy) is 1. The quantitative estimate of drug-likeness (QED) is 0.811. The molecular weight excluding hydrogens is 348 g/mol. The van der Waals surface area contributed by atoms with Crippen molar-refractivity contribution in [1.82, 2.24) is 4.98 Å². The summed E-state index contributed by atoms with van der Waals surface area (Å²) in [5.74, 6) is -0.223. The Hall–Kier alpha value is -1.79. The van der Waals surface area contributed by atoms with Gasteiger partial charge in [0.25, 0.3) is 0 Å². The Labute approximate surface area is 128 Å². The van der Waals surface area contributed by atoms with Crippen molar-refractivity contribution in [1.29, 1.82) is 0 Å². The number of methoxy groups -OCH3 is 1. The maximum atomic E-state index is 11.1. The van der Waals surface area contributed by atoms with Gasteiger partial charge in [-0.2, -0.15) is 0 Å². The lowest BCUT2D eigenvalue weighted by Crippen LogP contribution is -2.05. The van der Waals surface area contributed by atoms with Crippen molar-refractivity contribution in [3.63, 3.8) is 0 Å². The van der Waals surface area contributed by atoms with Crippen molar-refractivity contribution < 1.29 is 14.6 Å². The van der Waals surface area contributed by atoms with Gasteiger partial charge in [0.15, 0.2) is 0 Å². The highest BCUT2D eigenvalue weighted by molar-refractivity contribution is 9.10. The largest absolute Gasteiger partial charge is 0.496 e. The first-order valence-corrected chi connectivity index (χ1v) is 6.68. The van der Waals surface area contributed by atoms with Crippen LogP contribution in [0.5, 0.6) is 5.75 Å². The molecule has 2 N–H and O–H groups in total. The maximum absolute atomic E-state index is 11.1. The lowest BCUT2D eigenvalue weighted by atomic mass is 10.2. The van der Waals surface area contributed by atoms with E-state index in [1.54, 1.807) is 25.3 Å². The van der Waals surface area contributed by atoms with Crippen LogP contribution in [-0.4, -0.2) is 23.2 Å². The van der Waals surface area contributed by atoms with E-state index in [2.05, 4.69) is 26.2 Å². The second-order valence-electron chi connectivity index (χ2n) is 3.81. The summed E-state index contributed by atoms with van der Waals surface area (Å²) in [6.07, 6.45) is 0. The molecular formula is C13H10BrClN2O3. The Bertz CT molecular complexity index is 664. The monoisotopic (exact) mass is 356 g/mol. The van der Waals surface area contributed by atoms with E-state index in [0.717, 1.165) is 4.47 Å². The number of halogens is 2. The highest BCUT2D eigenvalue weighted by Gasteiger charge is 2.13. The van der Waals surface area contributed by atoms with Gasteiger partial charge in [-0.1, -0.05) is 11.6 Å². The van der Waals surface area contributed by atoms with Crippen molar-refractivity contribution in [2.45, 2.75) is 0 Å². The summed E-state index contributed by atoms with van der Waals surface area (Å²) in [6, 6.07) is 8.08. The van der Waals surface area contributed by atoms with E-state index in [1.807, 2.05) is 0 Å². The van der Waals surface area contributed by atoms with Gasteiger partial charge >= 0.3 is 5.97 Å². The molecule has 0 aliphatic carbocycles. The van der Waals surface area contributed by atoms with Crippen LogP contribution in [0.4, 0.5) is 11.5 Å². The third-order valence-electron chi connectivity index (χ3n) is 2.51. The molecule has 0 saturated heterocycles. The molecule has 1 aromatic heterocycles. The Morgan fingerprint density at radius 2 is 2.15 bits per heavy atom. The lowest BCUT2D eigenvalue weighted by Gasteiger charge is -2.10. The van der Waals surface area contributed by atoms with E-state index in [0.29, 0.717) is 11.4 Å². The minimum Gasteiger partial charge on any atom is -0.496 e. The first-order chi connectivity index (χ1) is 9.51. The number of carboxylic acid groups (broad SMARTS) is 1. The molecule has 0 radical (unpaired) electrons. The van der Waals surface area contributed by atoms with Crippen molar-refractivity contribution in [2.75, 3.05) is 12.4 Å². The molecule has 0 fully saturated rings. The Balaban J connectivity index is 2.36. The molecule has 0 saturated carbocycles. The van der Waals surface area contributed by atoms with Gasteiger partial charge < -0.3 is 15.2 Å². The number of aromatic carboxylic acids is 1. The third kappa shape index (κ3) is 3.20. The second-order valence-corrected chi connectivity index (χ2v) is 5.05. The fourth-order valence-corrected chi connectivity index (χ4v) is 2.27. The second kappa shape index (κ2) is 6.11. The fourth-order valence-electron chi connectivity index (χ4n) is 1.58. The average molecular weight is 358 g/mol. The Morgan fingerprint density at radius 3 is 2.75 bits per heavy atom. The first kappa shape index (κ1) is 14.6. The van der Waals surface area contributed by atoms with Crippen LogP contribution in [-0.2, 0) is 0 Å². The Kier molecular flexibility index (Phi) is 4.46. The van der Waals surface area contributed by atoms with Gasteiger partial charge in [-0.05, 0) is 46.3 Å². The summed E-state index contributed by atoms with van der Waals surface area (Å²) in [5.41, 5.74) is 0.705. The fraction of sp³-hybridized carbons (Fsp3) is 0.0769. The van der Waals surface area contributed by atoms with E-state index < -0.39 is 5.97 Å². The van der Waals surface area contributed by atoms with E-state index >= 15 is 0 Å². The van der Waals surface area contributed by atoms with Crippen molar-refractivity contribution in [2.24, 2.45) is 0 Å². The van der Waals surface area contributed by atoms with Crippen LogP contribution in [0.3, 0.4) is 0 Å². The molecule has 2 rings (SSSR count). The molecule has 0 unspecified atom stereocenters. The lowest BCUT2D eigenvalue weighted by molar-refractivity contribution is 0.0697. The van der Waals surface area contributed by atoms with Crippen LogP contribution < -0.4 is 10.1 Å². The van der Waals surface area contributed by atoms with Gasteiger partial charge in [0, 0.05) is 5.69 Å². The minimum atomic E-state index is -1.08. The number of nitrogens with zero attached hydrogens (tertiary/aromatic N) is 1. The first-order valence-electron chi connectivity index (χ1n) is 5.51. The smallest absolute Gasteiger partial charge is 0.339 e. The molecule has 2 aromatic rings. The van der Waals surface area contributed by atoms with Crippen LogP contribution in [0.15, 0.2) is 34.8 Å². The topological polar surface area (TPSA) is 71.5 Å². The number of carbonyl (C=O) groups is 1.